The lowest BCUT2D eigenvalue weighted by Gasteiger charge is -2.34. The maximum absolute atomic E-state index is 13.1. The van der Waals surface area contributed by atoms with Gasteiger partial charge in [0, 0.05) is 12.6 Å². The van der Waals surface area contributed by atoms with E-state index < -0.39 is 15.8 Å². The van der Waals surface area contributed by atoms with Gasteiger partial charge in [0.15, 0.2) is 0 Å². The molecule has 4 nitrogen and oxygen atoms in total. The van der Waals surface area contributed by atoms with E-state index in [1.165, 1.54) is 18.2 Å². The van der Waals surface area contributed by atoms with Gasteiger partial charge in [0.1, 0.15) is 5.82 Å². The summed E-state index contributed by atoms with van der Waals surface area (Å²) in [6.07, 6.45) is 2.03. The van der Waals surface area contributed by atoms with Crippen molar-refractivity contribution in [1.82, 2.24) is 9.62 Å². The number of likely N-dealkylation sites (tertiary alicyclic amines) is 1. The molecule has 1 heterocycles. The van der Waals surface area contributed by atoms with Gasteiger partial charge in [-0.15, -0.1) is 0 Å². The zero-order valence-electron chi connectivity index (χ0n) is 13.3. The number of halogens is 1. The van der Waals surface area contributed by atoms with Gasteiger partial charge in [-0.25, -0.2) is 17.5 Å². The third kappa shape index (κ3) is 5.34. The Kier molecular flexibility index (Phi) is 5.94. The van der Waals surface area contributed by atoms with Crippen LogP contribution in [0, 0.1) is 11.7 Å². The number of benzene rings is 1. The summed E-state index contributed by atoms with van der Waals surface area (Å²) < 4.78 is 39.9. The maximum atomic E-state index is 13.1. The fourth-order valence-electron chi connectivity index (χ4n) is 2.82. The fraction of sp³-hybridized carbons (Fsp3) is 0.625. The molecule has 1 fully saturated rings. The van der Waals surface area contributed by atoms with Gasteiger partial charge >= 0.3 is 0 Å². The Morgan fingerprint density at radius 2 is 2.00 bits per heavy atom. The number of nitrogens with one attached hydrogen (secondary N) is 1. The van der Waals surface area contributed by atoms with Crippen LogP contribution in [0.2, 0.25) is 0 Å². The molecular weight excluding hydrogens is 303 g/mol. The van der Waals surface area contributed by atoms with E-state index in [2.05, 4.69) is 23.5 Å². The van der Waals surface area contributed by atoms with Crippen LogP contribution in [0.1, 0.15) is 32.3 Å². The predicted octanol–water partition coefficient (Wildman–Crippen LogP) is 2.37. The molecule has 124 valence electrons. The highest BCUT2D eigenvalue weighted by molar-refractivity contribution is 7.88. The second-order valence-electron chi connectivity index (χ2n) is 6.31. The molecule has 0 unspecified atom stereocenters. The second kappa shape index (κ2) is 7.53. The van der Waals surface area contributed by atoms with Crippen molar-refractivity contribution in [3.8, 4) is 0 Å². The second-order valence-corrected chi connectivity index (χ2v) is 8.12. The van der Waals surface area contributed by atoms with E-state index in [9.17, 15) is 12.8 Å². The van der Waals surface area contributed by atoms with E-state index in [-0.39, 0.29) is 5.75 Å². The Morgan fingerprint density at radius 1 is 1.32 bits per heavy atom. The SMILES string of the molecule is CC(C)N1CCC(CNS(=O)(=O)Cc2cccc(F)c2)CC1. The number of sulfonamides is 1. The molecule has 6 heteroatoms. The Bertz CT molecular complexity index is 582. The highest BCUT2D eigenvalue weighted by atomic mass is 32.2. The Hall–Kier alpha value is -0.980. The van der Waals surface area contributed by atoms with Crippen molar-refractivity contribution in [3.05, 3.63) is 35.6 Å². The third-order valence-corrected chi connectivity index (χ3v) is 5.54. The van der Waals surface area contributed by atoms with E-state index in [0.717, 1.165) is 25.9 Å². The van der Waals surface area contributed by atoms with Crippen LogP contribution in [0.3, 0.4) is 0 Å². The molecule has 0 saturated carbocycles. The summed E-state index contributed by atoms with van der Waals surface area (Å²) in [6.45, 7) is 6.88. The monoisotopic (exact) mass is 328 g/mol. The van der Waals surface area contributed by atoms with Gasteiger partial charge in [-0.3, -0.25) is 0 Å². The fourth-order valence-corrected chi connectivity index (χ4v) is 4.03. The Morgan fingerprint density at radius 3 is 2.59 bits per heavy atom. The molecule has 2 rings (SSSR count). The van der Waals surface area contributed by atoms with Crippen molar-refractivity contribution in [2.75, 3.05) is 19.6 Å². The van der Waals surface area contributed by atoms with E-state index in [1.54, 1.807) is 6.07 Å². The largest absolute Gasteiger partial charge is 0.301 e. The van der Waals surface area contributed by atoms with Gasteiger partial charge in [0.2, 0.25) is 10.0 Å². The van der Waals surface area contributed by atoms with Crippen molar-refractivity contribution in [1.29, 1.82) is 0 Å². The molecule has 1 N–H and O–H groups in total. The predicted molar refractivity (Wildman–Crippen MR) is 86.5 cm³/mol. The molecule has 1 aliphatic rings. The average Bonchev–Trinajstić information content (AvgIpc) is 2.45. The highest BCUT2D eigenvalue weighted by Gasteiger charge is 2.22. The average molecular weight is 328 g/mol. The highest BCUT2D eigenvalue weighted by Crippen LogP contribution is 2.18. The lowest BCUT2D eigenvalue weighted by molar-refractivity contribution is 0.150. The van der Waals surface area contributed by atoms with Crippen molar-refractivity contribution < 1.29 is 12.8 Å². The zero-order valence-corrected chi connectivity index (χ0v) is 14.1. The van der Waals surface area contributed by atoms with Gasteiger partial charge in [-0.05, 0) is 63.4 Å². The summed E-state index contributed by atoms with van der Waals surface area (Å²) in [7, 11) is -3.41. The van der Waals surface area contributed by atoms with Gasteiger partial charge in [-0.1, -0.05) is 12.1 Å². The quantitative estimate of drug-likeness (QED) is 0.872. The van der Waals surface area contributed by atoms with Gasteiger partial charge < -0.3 is 4.90 Å². The first-order valence-electron chi connectivity index (χ1n) is 7.81. The minimum Gasteiger partial charge on any atom is -0.301 e. The first-order valence-corrected chi connectivity index (χ1v) is 9.47. The summed E-state index contributed by atoms with van der Waals surface area (Å²) >= 11 is 0. The number of rotatable bonds is 6. The Balaban J connectivity index is 1.81. The van der Waals surface area contributed by atoms with Crippen LogP contribution >= 0.6 is 0 Å². The molecule has 1 aromatic rings. The summed E-state index contributed by atoms with van der Waals surface area (Å²) in [5.74, 6) is -0.193. The molecule has 1 saturated heterocycles. The molecule has 0 aromatic heterocycles. The summed E-state index contributed by atoms with van der Waals surface area (Å²) in [5.41, 5.74) is 0.474. The van der Waals surface area contributed by atoms with Crippen LogP contribution < -0.4 is 4.72 Å². The lowest BCUT2D eigenvalue weighted by Crippen LogP contribution is -2.41. The molecule has 1 aliphatic heterocycles. The van der Waals surface area contributed by atoms with Crippen LogP contribution in [-0.4, -0.2) is 39.0 Å². The van der Waals surface area contributed by atoms with Crippen molar-refractivity contribution >= 4 is 10.0 Å². The molecule has 0 spiro atoms. The van der Waals surface area contributed by atoms with Crippen molar-refractivity contribution in [2.45, 2.75) is 38.5 Å². The van der Waals surface area contributed by atoms with Gasteiger partial charge in [-0.2, -0.15) is 0 Å². The first kappa shape index (κ1) is 17.4. The number of hydrogen-bond donors (Lipinski definition) is 1. The van der Waals surface area contributed by atoms with Crippen molar-refractivity contribution in [2.24, 2.45) is 5.92 Å². The lowest BCUT2D eigenvalue weighted by atomic mass is 9.96. The number of hydrogen-bond acceptors (Lipinski definition) is 3. The number of piperidine rings is 1. The molecule has 0 aliphatic carbocycles. The summed E-state index contributed by atoms with van der Waals surface area (Å²) in [6, 6.07) is 6.28. The van der Waals surface area contributed by atoms with Crippen LogP contribution in [-0.2, 0) is 15.8 Å². The molecule has 0 amide bonds. The van der Waals surface area contributed by atoms with Gasteiger partial charge in [0.05, 0.1) is 5.75 Å². The van der Waals surface area contributed by atoms with Crippen LogP contribution in [0.4, 0.5) is 4.39 Å². The smallest absolute Gasteiger partial charge is 0.215 e. The normalized spacial score (nSPS) is 18.0. The van der Waals surface area contributed by atoms with E-state index in [0.29, 0.717) is 24.1 Å². The third-order valence-electron chi connectivity index (χ3n) is 4.22. The zero-order chi connectivity index (χ0) is 16.2. The van der Waals surface area contributed by atoms with Crippen LogP contribution in [0.5, 0.6) is 0 Å². The minimum atomic E-state index is -3.41. The van der Waals surface area contributed by atoms with E-state index >= 15 is 0 Å². The molecule has 0 bridgehead atoms. The first-order chi connectivity index (χ1) is 10.4. The molecular formula is C16H25FN2O2S. The maximum Gasteiger partial charge on any atom is 0.215 e. The summed E-state index contributed by atoms with van der Waals surface area (Å²) in [4.78, 5) is 2.41. The molecule has 0 atom stereocenters. The van der Waals surface area contributed by atoms with Crippen LogP contribution in [0.15, 0.2) is 24.3 Å². The molecule has 1 aromatic carbocycles. The van der Waals surface area contributed by atoms with Gasteiger partial charge in [0.25, 0.3) is 0 Å². The standard InChI is InChI=1S/C16H25FN2O2S/c1-13(2)19-8-6-14(7-9-19)11-18-22(20,21)12-15-4-3-5-16(17)10-15/h3-5,10,13-14,18H,6-9,11-12H2,1-2H3. The molecule has 0 radical (unpaired) electrons. The molecule has 22 heavy (non-hydrogen) atoms. The topological polar surface area (TPSA) is 49.4 Å². The Labute approximate surface area is 132 Å². The number of nitrogens with zero attached hydrogens (tertiary/aromatic N) is 1. The van der Waals surface area contributed by atoms with Crippen LogP contribution in [0.25, 0.3) is 0 Å². The van der Waals surface area contributed by atoms with E-state index in [1.807, 2.05) is 0 Å². The minimum absolute atomic E-state index is 0.171. The summed E-state index contributed by atoms with van der Waals surface area (Å²) in [5, 5.41) is 0. The van der Waals surface area contributed by atoms with Crippen molar-refractivity contribution in [3.63, 3.8) is 0 Å². The van der Waals surface area contributed by atoms with E-state index in [4.69, 9.17) is 0 Å².